The number of hydrogen-bond donors (Lipinski definition) is 1. The molecule has 0 aliphatic heterocycles. The molecule has 2 aromatic rings. The number of aliphatic hydroxyl groups excluding tert-OH is 1. The van der Waals surface area contributed by atoms with Crippen LogP contribution in [0.4, 0.5) is 5.69 Å². The fourth-order valence-electron chi connectivity index (χ4n) is 2.69. The summed E-state index contributed by atoms with van der Waals surface area (Å²) in [5.41, 5.74) is 1.37. The van der Waals surface area contributed by atoms with Gasteiger partial charge in [-0.1, -0.05) is 6.92 Å². The molecule has 0 heterocycles. The van der Waals surface area contributed by atoms with Crippen molar-refractivity contribution >= 4 is 18.4 Å². The van der Waals surface area contributed by atoms with Gasteiger partial charge in [-0.3, -0.25) is 4.57 Å². The van der Waals surface area contributed by atoms with Crippen molar-refractivity contribution < 1.29 is 23.7 Å². The summed E-state index contributed by atoms with van der Waals surface area (Å²) in [5, 5.41) is 11.5. The summed E-state index contributed by atoms with van der Waals surface area (Å²) in [6.45, 7) is 2.21. The summed E-state index contributed by atoms with van der Waals surface area (Å²) < 4.78 is 30.1. The number of methoxy groups -OCH3 is 2. The van der Waals surface area contributed by atoms with Gasteiger partial charge >= 0.3 is 0 Å². The van der Waals surface area contributed by atoms with Crippen molar-refractivity contribution in [2.75, 3.05) is 39.8 Å². The lowest BCUT2D eigenvalue weighted by Gasteiger charge is -2.26. The standard InChI is InChI=1S/C20H28NO5P/c1-6-13-26-27(23,17-10-7-15(8-11-17)21(2)3)20(22)18-12-9-16(24-4)14-19(18)25-5/h7-12,14,20,22H,6,13H2,1-5H3. The maximum absolute atomic E-state index is 13.8. The summed E-state index contributed by atoms with van der Waals surface area (Å²) in [7, 11) is 3.30. The summed E-state index contributed by atoms with van der Waals surface area (Å²) in [4.78, 5) is 1.95. The molecule has 27 heavy (non-hydrogen) atoms. The van der Waals surface area contributed by atoms with E-state index in [-0.39, 0.29) is 6.61 Å². The predicted molar refractivity (Wildman–Crippen MR) is 109 cm³/mol. The first kappa shape index (κ1) is 21.3. The van der Waals surface area contributed by atoms with Crippen LogP contribution in [0.3, 0.4) is 0 Å². The molecule has 2 atom stereocenters. The smallest absolute Gasteiger partial charge is 0.264 e. The number of ether oxygens (including phenoxy) is 2. The maximum atomic E-state index is 13.8. The van der Waals surface area contributed by atoms with E-state index in [2.05, 4.69) is 0 Å². The molecule has 0 saturated carbocycles. The largest absolute Gasteiger partial charge is 0.497 e. The minimum absolute atomic E-state index is 0.280. The highest BCUT2D eigenvalue weighted by Crippen LogP contribution is 2.59. The molecule has 0 fully saturated rings. The van der Waals surface area contributed by atoms with Gasteiger partial charge < -0.3 is 24.0 Å². The second-order valence-electron chi connectivity index (χ2n) is 6.32. The summed E-state index contributed by atoms with van der Waals surface area (Å²) in [6, 6.07) is 12.2. The molecule has 2 unspecified atom stereocenters. The molecule has 0 aliphatic carbocycles. The SMILES string of the molecule is CCCOP(=O)(c1ccc(N(C)C)cc1)C(O)c1ccc(OC)cc1OC. The molecular formula is C20H28NO5P. The van der Waals surface area contributed by atoms with Crippen molar-refractivity contribution in [3.8, 4) is 11.5 Å². The molecule has 2 aromatic carbocycles. The number of rotatable bonds is 9. The zero-order valence-corrected chi connectivity index (χ0v) is 17.4. The van der Waals surface area contributed by atoms with Crippen LogP contribution in [-0.4, -0.2) is 40.0 Å². The number of aliphatic hydroxyl groups is 1. The van der Waals surface area contributed by atoms with E-state index in [1.54, 1.807) is 37.4 Å². The van der Waals surface area contributed by atoms with E-state index in [1.807, 2.05) is 38.1 Å². The zero-order valence-electron chi connectivity index (χ0n) is 16.5. The third kappa shape index (κ3) is 4.64. The lowest BCUT2D eigenvalue weighted by atomic mass is 10.2. The van der Waals surface area contributed by atoms with E-state index in [0.29, 0.717) is 28.8 Å². The lowest BCUT2D eigenvalue weighted by Crippen LogP contribution is -2.16. The normalized spacial score (nSPS) is 14.3. The van der Waals surface area contributed by atoms with E-state index in [4.69, 9.17) is 14.0 Å². The van der Waals surface area contributed by atoms with E-state index < -0.39 is 13.2 Å². The lowest BCUT2D eigenvalue weighted by molar-refractivity contribution is 0.210. The first-order valence-electron chi connectivity index (χ1n) is 8.79. The molecular weight excluding hydrogens is 365 g/mol. The third-order valence-corrected chi connectivity index (χ3v) is 6.76. The minimum Gasteiger partial charge on any atom is -0.497 e. The third-order valence-electron chi connectivity index (χ3n) is 4.25. The van der Waals surface area contributed by atoms with Crippen LogP contribution in [0.25, 0.3) is 0 Å². The van der Waals surface area contributed by atoms with Gasteiger partial charge in [-0.2, -0.15) is 0 Å². The Bertz CT molecular complexity index is 791. The Morgan fingerprint density at radius 2 is 1.74 bits per heavy atom. The highest BCUT2D eigenvalue weighted by Gasteiger charge is 2.38. The summed E-state index contributed by atoms with van der Waals surface area (Å²) in [6.07, 6.45) is 0.687. The van der Waals surface area contributed by atoms with Crippen molar-refractivity contribution in [1.82, 2.24) is 0 Å². The fraction of sp³-hybridized carbons (Fsp3) is 0.400. The summed E-state index contributed by atoms with van der Waals surface area (Å²) in [5.74, 6) is -0.371. The van der Waals surface area contributed by atoms with Crippen molar-refractivity contribution in [2.45, 2.75) is 19.2 Å². The van der Waals surface area contributed by atoms with Crippen LogP contribution in [0.2, 0.25) is 0 Å². The average molecular weight is 393 g/mol. The molecule has 6 nitrogen and oxygen atoms in total. The highest BCUT2D eigenvalue weighted by atomic mass is 31.2. The van der Waals surface area contributed by atoms with E-state index in [9.17, 15) is 9.67 Å². The number of benzene rings is 2. The first-order valence-corrected chi connectivity index (χ1v) is 10.5. The molecule has 0 radical (unpaired) electrons. The van der Waals surface area contributed by atoms with Crippen LogP contribution >= 0.6 is 7.37 Å². The monoisotopic (exact) mass is 393 g/mol. The molecule has 0 saturated heterocycles. The molecule has 0 amide bonds. The Morgan fingerprint density at radius 3 is 2.26 bits per heavy atom. The van der Waals surface area contributed by atoms with Gasteiger partial charge in [0.15, 0.2) is 5.85 Å². The highest BCUT2D eigenvalue weighted by molar-refractivity contribution is 7.67. The number of anilines is 1. The zero-order chi connectivity index (χ0) is 20.0. The molecule has 0 spiro atoms. The van der Waals surface area contributed by atoms with Gasteiger partial charge in [0.1, 0.15) is 11.5 Å². The Morgan fingerprint density at radius 1 is 1.07 bits per heavy atom. The van der Waals surface area contributed by atoms with Crippen LogP contribution in [0.1, 0.15) is 24.8 Å². The Kier molecular flexibility index (Phi) is 7.31. The van der Waals surface area contributed by atoms with Gasteiger partial charge in [-0.05, 0) is 42.8 Å². The van der Waals surface area contributed by atoms with Crippen LogP contribution in [-0.2, 0) is 9.09 Å². The molecule has 148 valence electrons. The summed E-state index contributed by atoms with van der Waals surface area (Å²) >= 11 is 0. The fourth-order valence-corrected chi connectivity index (χ4v) is 4.86. The topological polar surface area (TPSA) is 68.2 Å². The predicted octanol–water partition coefficient (Wildman–Crippen LogP) is 3.79. The maximum Gasteiger partial charge on any atom is 0.264 e. The van der Waals surface area contributed by atoms with Crippen molar-refractivity contribution in [3.63, 3.8) is 0 Å². The van der Waals surface area contributed by atoms with Crippen molar-refractivity contribution in [2.24, 2.45) is 0 Å². The molecule has 0 bridgehead atoms. The van der Waals surface area contributed by atoms with Gasteiger partial charge in [0.2, 0.25) is 0 Å². The Labute approximate surface area is 161 Å². The number of hydrogen-bond acceptors (Lipinski definition) is 6. The minimum atomic E-state index is -3.60. The molecule has 0 aliphatic rings. The average Bonchev–Trinajstić information content (AvgIpc) is 2.70. The quantitative estimate of drug-likeness (QED) is 0.654. The van der Waals surface area contributed by atoms with Crippen molar-refractivity contribution in [1.29, 1.82) is 0 Å². The van der Waals surface area contributed by atoms with Crippen molar-refractivity contribution in [3.05, 3.63) is 48.0 Å². The Hall–Kier alpha value is -2.01. The van der Waals surface area contributed by atoms with Gasteiger partial charge in [0.05, 0.1) is 20.8 Å². The van der Waals surface area contributed by atoms with Crippen LogP contribution in [0.15, 0.2) is 42.5 Å². The molecule has 7 heteroatoms. The van der Waals surface area contributed by atoms with Crippen LogP contribution in [0, 0.1) is 0 Å². The first-order chi connectivity index (χ1) is 12.9. The van der Waals surface area contributed by atoms with E-state index in [0.717, 1.165) is 5.69 Å². The van der Waals surface area contributed by atoms with Gasteiger partial charge in [0, 0.05) is 36.7 Å². The molecule has 0 aromatic heterocycles. The molecule has 1 N–H and O–H groups in total. The van der Waals surface area contributed by atoms with E-state index >= 15 is 0 Å². The van der Waals surface area contributed by atoms with E-state index in [1.165, 1.54) is 7.11 Å². The van der Waals surface area contributed by atoms with Gasteiger partial charge in [-0.15, -0.1) is 0 Å². The number of nitrogens with zero attached hydrogens (tertiary/aromatic N) is 1. The van der Waals surface area contributed by atoms with Crippen LogP contribution < -0.4 is 19.7 Å². The molecule has 2 rings (SSSR count). The second kappa shape index (κ2) is 9.27. The Balaban J connectivity index is 2.50. The van der Waals surface area contributed by atoms with Gasteiger partial charge in [-0.25, -0.2) is 0 Å². The van der Waals surface area contributed by atoms with Gasteiger partial charge in [0.25, 0.3) is 7.37 Å². The second-order valence-corrected chi connectivity index (χ2v) is 8.78. The van der Waals surface area contributed by atoms with Crippen LogP contribution in [0.5, 0.6) is 11.5 Å².